The van der Waals surface area contributed by atoms with Gasteiger partial charge in [-0.05, 0) is 94.9 Å². The molecule has 2 aliphatic heterocycles. The Morgan fingerprint density at radius 3 is 2.24 bits per heavy atom. The molecule has 6 unspecified atom stereocenters. The van der Waals surface area contributed by atoms with E-state index < -0.39 is 51.1 Å². The van der Waals surface area contributed by atoms with Gasteiger partial charge in [-0.1, -0.05) is 35.9 Å². The summed E-state index contributed by atoms with van der Waals surface area (Å²) in [6.45, 7) is 0. The Morgan fingerprint density at radius 1 is 0.863 bits per heavy atom. The maximum atomic E-state index is 14.4. The Balaban J connectivity index is 1.24. The van der Waals surface area contributed by atoms with Crippen LogP contribution in [-0.2, 0) is 19.2 Å². The summed E-state index contributed by atoms with van der Waals surface area (Å²) in [5.74, 6) is -3.85. The van der Waals surface area contributed by atoms with Gasteiger partial charge >= 0.3 is 0 Å². The third-order valence-corrected chi connectivity index (χ3v) is 12.9. The first-order valence-electron chi connectivity index (χ1n) is 16.1. The Bertz CT molecular complexity index is 2070. The highest BCUT2D eigenvalue weighted by Crippen LogP contribution is 2.65. The van der Waals surface area contributed by atoms with E-state index in [1.54, 1.807) is 38.5 Å². The Morgan fingerprint density at radius 2 is 1.57 bits per heavy atom. The Kier molecular flexibility index (Phi) is 8.91. The normalized spacial score (nSPS) is 28.5. The van der Waals surface area contributed by atoms with Gasteiger partial charge in [-0.25, -0.2) is 0 Å². The zero-order chi connectivity index (χ0) is 36.6. The number of hydrogen-bond acceptors (Lipinski definition) is 8. The molecule has 2 aliphatic carbocycles. The van der Waals surface area contributed by atoms with Crippen molar-refractivity contribution in [2.75, 3.05) is 33.3 Å². The number of hydrogen-bond donors (Lipinski definition) is 1. The van der Waals surface area contributed by atoms with Gasteiger partial charge in [0.15, 0.2) is 21.2 Å². The van der Waals surface area contributed by atoms with Crippen molar-refractivity contribution in [1.82, 2.24) is 4.90 Å². The van der Waals surface area contributed by atoms with E-state index in [-0.39, 0.29) is 30.2 Å². The lowest BCUT2D eigenvalue weighted by atomic mass is 9.56. The first-order chi connectivity index (χ1) is 24.3. The maximum Gasteiger partial charge on any atom is 0.253 e. The number of carbonyl (C=O) groups is 4. The van der Waals surface area contributed by atoms with E-state index in [2.05, 4.69) is 0 Å². The minimum absolute atomic E-state index is 0.0904. The first kappa shape index (κ1) is 35.3. The minimum atomic E-state index is -1.94. The number of nitrogens with zero attached hydrogens (tertiary/aromatic N) is 2. The van der Waals surface area contributed by atoms with E-state index >= 15 is 0 Å². The molecule has 0 bridgehead atoms. The number of imide groups is 2. The molecule has 3 fully saturated rings. The predicted molar refractivity (Wildman–Crippen MR) is 200 cm³/mol. The molecule has 0 aromatic heterocycles. The summed E-state index contributed by atoms with van der Waals surface area (Å²) in [6, 6.07) is 15.8. The fourth-order valence-electron chi connectivity index (χ4n) is 8.18. The quantitative estimate of drug-likeness (QED) is 0.0956. The molecule has 7 rings (SSSR count). The number of rotatable bonds is 7. The van der Waals surface area contributed by atoms with Crippen LogP contribution >= 0.6 is 45.8 Å². The molecule has 2 heterocycles. The molecule has 0 spiro atoms. The maximum absolute atomic E-state index is 14.4. The number of carbonyl (C=O) groups excluding carboxylic acids is 4. The van der Waals surface area contributed by atoms with Crippen LogP contribution in [0.5, 0.6) is 23.0 Å². The van der Waals surface area contributed by atoms with Crippen LogP contribution < -0.4 is 19.1 Å². The second-order valence-corrected chi connectivity index (χ2v) is 15.5. The highest BCUT2D eigenvalue weighted by Gasteiger charge is 2.76. The van der Waals surface area contributed by atoms with E-state index in [4.69, 9.17) is 37.4 Å². The van der Waals surface area contributed by atoms with Crippen molar-refractivity contribution in [3.63, 3.8) is 0 Å². The van der Waals surface area contributed by atoms with E-state index in [0.29, 0.717) is 31.9 Å². The van der Waals surface area contributed by atoms with Crippen molar-refractivity contribution in [3.8, 4) is 23.0 Å². The number of benzene rings is 3. The molecule has 4 aliphatic rings. The van der Waals surface area contributed by atoms with Crippen molar-refractivity contribution in [2.45, 2.75) is 28.5 Å². The number of aromatic hydroxyl groups is 1. The highest BCUT2D eigenvalue weighted by molar-refractivity contribution is 14.1. The molecular weight excluding hydrogens is 810 g/mol. The number of alkyl halides is 2. The SMILES string of the molecule is COc1ccc(OC)c(C=Cc2ccc(N3C(=O)C4CC=C5C(CC6(Cl)C(=O)N(C)C(=O)C6(Cl)C5c5cc(I)c(O)c(OC)c5)C4C3=O)cc2)c1. The van der Waals surface area contributed by atoms with Crippen molar-refractivity contribution in [3.05, 3.63) is 86.5 Å². The summed E-state index contributed by atoms with van der Waals surface area (Å²) < 4.78 is 16.7. The second kappa shape index (κ2) is 12.9. The van der Waals surface area contributed by atoms with Crippen LogP contribution in [0.3, 0.4) is 0 Å². The number of amides is 4. The highest BCUT2D eigenvalue weighted by atomic mass is 127. The summed E-state index contributed by atoms with van der Waals surface area (Å²) in [7, 11) is 5.93. The first-order valence-corrected chi connectivity index (χ1v) is 18.0. The zero-order valence-corrected chi connectivity index (χ0v) is 31.7. The van der Waals surface area contributed by atoms with Crippen LogP contribution in [0.2, 0.25) is 0 Å². The standard InChI is InChI=1S/C38H33Cl2IN2O8/c1-42-35(47)37(39)18-26-24(31(38(37,40)36(42)48)21-16-27(41)32(44)29(17-21)51-4)12-13-25-30(26)34(46)43(33(25)45)22-9-6-19(7-10-22)5-8-20-15-23(49-2)11-14-28(20)50-3/h5-12,14-17,25-26,30-31,44H,13,18H2,1-4H3. The average molecular weight is 843 g/mol. The van der Waals surface area contributed by atoms with Gasteiger partial charge in [0.2, 0.25) is 11.8 Å². The molecule has 1 saturated carbocycles. The zero-order valence-electron chi connectivity index (χ0n) is 28.0. The van der Waals surface area contributed by atoms with Crippen LogP contribution in [0.4, 0.5) is 5.69 Å². The number of likely N-dealkylation sites (tertiary alicyclic amines) is 1. The summed E-state index contributed by atoms with van der Waals surface area (Å²) in [6.07, 6.45) is 5.76. The molecule has 4 amide bonds. The third-order valence-electron chi connectivity index (χ3n) is 10.7. The van der Waals surface area contributed by atoms with Crippen LogP contribution in [0.25, 0.3) is 12.2 Å². The second-order valence-electron chi connectivity index (χ2n) is 13.1. The van der Waals surface area contributed by atoms with Crippen molar-refractivity contribution >= 4 is 87.3 Å². The predicted octanol–water partition coefficient (Wildman–Crippen LogP) is 6.39. The van der Waals surface area contributed by atoms with Crippen LogP contribution in [0.15, 0.2) is 66.2 Å². The molecule has 2 saturated heterocycles. The Hall–Kier alpha value is -4.07. The molecule has 13 heteroatoms. The summed E-state index contributed by atoms with van der Waals surface area (Å²) >= 11 is 16.5. The number of allylic oxidation sites excluding steroid dienone is 2. The lowest BCUT2D eigenvalue weighted by Crippen LogP contribution is -2.60. The smallest absolute Gasteiger partial charge is 0.253 e. The topological polar surface area (TPSA) is 123 Å². The van der Waals surface area contributed by atoms with Crippen LogP contribution in [0.1, 0.15) is 35.4 Å². The fraction of sp³-hybridized carbons (Fsp3) is 0.316. The molecule has 51 heavy (non-hydrogen) atoms. The summed E-state index contributed by atoms with van der Waals surface area (Å²) in [5.41, 5.74) is 3.20. The Labute approximate surface area is 318 Å². The molecule has 6 atom stereocenters. The van der Waals surface area contributed by atoms with Gasteiger partial charge in [0.25, 0.3) is 11.8 Å². The number of halogens is 3. The van der Waals surface area contributed by atoms with Crippen LogP contribution in [-0.4, -0.2) is 71.8 Å². The van der Waals surface area contributed by atoms with Gasteiger partial charge in [0.05, 0.1) is 42.4 Å². The monoisotopic (exact) mass is 842 g/mol. The third kappa shape index (κ3) is 5.17. The summed E-state index contributed by atoms with van der Waals surface area (Å²) in [5, 5.41) is 10.6. The summed E-state index contributed by atoms with van der Waals surface area (Å²) in [4.78, 5) is 54.4. The number of ether oxygens (including phenoxy) is 3. The number of phenolic OH excluding ortho intramolecular Hbond substituents is 1. The molecule has 264 valence electrons. The number of phenols is 1. The van der Waals surface area contributed by atoms with Gasteiger partial charge < -0.3 is 19.3 Å². The van der Waals surface area contributed by atoms with E-state index in [1.165, 1.54) is 19.1 Å². The van der Waals surface area contributed by atoms with Gasteiger partial charge in [-0.2, -0.15) is 0 Å². The average Bonchev–Trinajstić information content (AvgIpc) is 3.46. The van der Waals surface area contributed by atoms with E-state index in [1.807, 2.05) is 71.2 Å². The fourth-order valence-corrected chi connectivity index (χ4v) is 9.82. The lowest BCUT2D eigenvalue weighted by Gasteiger charge is -2.50. The van der Waals surface area contributed by atoms with Crippen molar-refractivity contribution < 1.29 is 38.5 Å². The largest absolute Gasteiger partial charge is 0.504 e. The van der Waals surface area contributed by atoms with Crippen LogP contribution in [0, 0.1) is 21.3 Å². The van der Waals surface area contributed by atoms with Gasteiger partial charge in [0, 0.05) is 18.5 Å². The van der Waals surface area contributed by atoms with Gasteiger partial charge in [-0.3, -0.25) is 29.0 Å². The van der Waals surface area contributed by atoms with Gasteiger partial charge in [0.1, 0.15) is 11.5 Å². The lowest BCUT2D eigenvalue weighted by molar-refractivity contribution is -0.138. The molecule has 0 radical (unpaired) electrons. The molecule has 1 N–H and O–H groups in total. The molecular formula is C38H33Cl2IN2O8. The van der Waals surface area contributed by atoms with Gasteiger partial charge in [-0.15, -0.1) is 23.2 Å². The molecule has 3 aromatic carbocycles. The van der Waals surface area contributed by atoms with E-state index in [9.17, 15) is 24.3 Å². The number of anilines is 1. The number of methoxy groups -OCH3 is 3. The number of fused-ring (bicyclic) bond motifs is 4. The van der Waals surface area contributed by atoms with Crippen molar-refractivity contribution in [2.24, 2.45) is 17.8 Å². The van der Waals surface area contributed by atoms with E-state index in [0.717, 1.165) is 16.0 Å². The minimum Gasteiger partial charge on any atom is -0.504 e. The molecule has 3 aromatic rings. The van der Waals surface area contributed by atoms with Crippen molar-refractivity contribution in [1.29, 1.82) is 0 Å². The molecule has 10 nitrogen and oxygen atoms in total.